The fourth-order valence-corrected chi connectivity index (χ4v) is 3.55. The standard InChI is InChI=1S/C19H18N6OS/c1-11(2)25-16-14(10-20-25)9-15(12(3)21-16)17(26)22-19-24-23-18(27-19)13-7-5-4-6-8-13/h4-11H,1-3H3,(H,22,24,26). The normalized spacial score (nSPS) is 11.3. The van der Waals surface area contributed by atoms with Crippen LogP contribution in [0.25, 0.3) is 21.6 Å². The van der Waals surface area contributed by atoms with E-state index in [1.807, 2.05) is 61.9 Å². The van der Waals surface area contributed by atoms with Crippen molar-refractivity contribution in [2.24, 2.45) is 0 Å². The summed E-state index contributed by atoms with van der Waals surface area (Å²) >= 11 is 1.34. The number of nitrogens with zero attached hydrogens (tertiary/aromatic N) is 5. The van der Waals surface area contributed by atoms with Crippen LogP contribution in [0.3, 0.4) is 0 Å². The molecule has 0 saturated carbocycles. The summed E-state index contributed by atoms with van der Waals surface area (Å²) in [5.41, 5.74) is 2.90. The van der Waals surface area contributed by atoms with Crippen molar-refractivity contribution >= 4 is 33.4 Å². The second-order valence-corrected chi connectivity index (χ2v) is 7.43. The summed E-state index contributed by atoms with van der Waals surface area (Å²) in [6.07, 6.45) is 1.73. The highest BCUT2D eigenvalue weighted by atomic mass is 32.1. The number of hydrogen-bond acceptors (Lipinski definition) is 6. The van der Waals surface area contributed by atoms with E-state index in [0.29, 0.717) is 16.4 Å². The first-order valence-electron chi connectivity index (χ1n) is 8.58. The molecule has 0 atom stereocenters. The van der Waals surface area contributed by atoms with E-state index in [4.69, 9.17) is 0 Å². The highest BCUT2D eigenvalue weighted by Crippen LogP contribution is 2.27. The fourth-order valence-electron chi connectivity index (χ4n) is 2.81. The molecular formula is C19H18N6OS. The van der Waals surface area contributed by atoms with E-state index in [1.54, 1.807) is 6.20 Å². The highest BCUT2D eigenvalue weighted by Gasteiger charge is 2.17. The van der Waals surface area contributed by atoms with Crippen LogP contribution in [-0.4, -0.2) is 30.9 Å². The lowest BCUT2D eigenvalue weighted by molar-refractivity contribution is 0.102. The first-order chi connectivity index (χ1) is 13.0. The number of carbonyl (C=O) groups excluding carboxylic acids is 1. The van der Waals surface area contributed by atoms with Crippen molar-refractivity contribution in [1.29, 1.82) is 0 Å². The number of rotatable bonds is 4. The SMILES string of the molecule is Cc1nc2c(cnn2C(C)C)cc1C(=O)Nc1nnc(-c2ccccc2)s1. The molecule has 0 aliphatic rings. The van der Waals surface area contributed by atoms with Crippen LogP contribution in [0, 0.1) is 6.92 Å². The molecule has 3 heterocycles. The Morgan fingerprint density at radius 2 is 1.96 bits per heavy atom. The first-order valence-corrected chi connectivity index (χ1v) is 9.39. The van der Waals surface area contributed by atoms with Gasteiger partial charge in [-0.25, -0.2) is 9.67 Å². The smallest absolute Gasteiger partial charge is 0.259 e. The Bertz CT molecular complexity index is 1120. The molecule has 0 saturated heterocycles. The van der Waals surface area contributed by atoms with Crippen molar-refractivity contribution in [3.63, 3.8) is 0 Å². The lowest BCUT2D eigenvalue weighted by atomic mass is 10.1. The van der Waals surface area contributed by atoms with Gasteiger partial charge in [-0.2, -0.15) is 5.10 Å². The molecule has 1 aromatic carbocycles. The summed E-state index contributed by atoms with van der Waals surface area (Å²) in [5.74, 6) is -0.255. The third kappa shape index (κ3) is 3.31. The molecule has 0 aliphatic heterocycles. The zero-order valence-corrected chi connectivity index (χ0v) is 16.0. The minimum atomic E-state index is -0.255. The van der Waals surface area contributed by atoms with Gasteiger partial charge in [-0.15, -0.1) is 10.2 Å². The Labute approximate surface area is 160 Å². The van der Waals surface area contributed by atoms with E-state index in [-0.39, 0.29) is 11.9 Å². The second kappa shape index (κ2) is 6.88. The Kier molecular flexibility index (Phi) is 4.41. The predicted octanol–water partition coefficient (Wildman–Crippen LogP) is 4.09. The zero-order chi connectivity index (χ0) is 19.0. The lowest BCUT2D eigenvalue weighted by Crippen LogP contribution is -2.14. The number of nitrogens with one attached hydrogen (secondary N) is 1. The lowest BCUT2D eigenvalue weighted by Gasteiger charge is -2.08. The van der Waals surface area contributed by atoms with Gasteiger partial charge < -0.3 is 0 Å². The Balaban J connectivity index is 1.60. The first kappa shape index (κ1) is 17.3. The van der Waals surface area contributed by atoms with Gasteiger partial charge in [0.05, 0.1) is 17.5 Å². The van der Waals surface area contributed by atoms with Crippen molar-refractivity contribution in [1.82, 2.24) is 25.0 Å². The van der Waals surface area contributed by atoms with E-state index >= 15 is 0 Å². The maximum atomic E-state index is 12.7. The van der Waals surface area contributed by atoms with Crippen LogP contribution < -0.4 is 5.32 Å². The van der Waals surface area contributed by atoms with Gasteiger partial charge in [-0.3, -0.25) is 10.1 Å². The van der Waals surface area contributed by atoms with Crippen LogP contribution in [0.1, 0.15) is 35.9 Å². The molecule has 27 heavy (non-hydrogen) atoms. The number of carbonyl (C=O) groups is 1. The number of benzene rings is 1. The maximum Gasteiger partial charge on any atom is 0.259 e. The number of fused-ring (bicyclic) bond motifs is 1. The number of amides is 1. The summed E-state index contributed by atoms with van der Waals surface area (Å²) in [6.45, 7) is 5.91. The molecule has 0 spiro atoms. The van der Waals surface area contributed by atoms with Gasteiger partial charge in [0.1, 0.15) is 5.01 Å². The van der Waals surface area contributed by atoms with Crippen molar-refractivity contribution < 1.29 is 4.79 Å². The molecule has 0 bridgehead atoms. The van der Waals surface area contributed by atoms with E-state index in [9.17, 15) is 4.79 Å². The minimum Gasteiger partial charge on any atom is -0.296 e. The summed E-state index contributed by atoms with van der Waals surface area (Å²) in [7, 11) is 0. The van der Waals surface area contributed by atoms with Gasteiger partial charge in [0.25, 0.3) is 5.91 Å². The Morgan fingerprint density at radius 3 is 2.70 bits per heavy atom. The molecule has 8 heteroatoms. The molecule has 3 aromatic heterocycles. The molecule has 0 fully saturated rings. The number of pyridine rings is 1. The van der Waals surface area contributed by atoms with Crippen molar-refractivity contribution in [2.75, 3.05) is 5.32 Å². The van der Waals surface area contributed by atoms with E-state index in [0.717, 1.165) is 21.6 Å². The van der Waals surface area contributed by atoms with Gasteiger partial charge in [0, 0.05) is 17.0 Å². The molecule has 1 amide bonds. The van der Waals surface area contributed by atoms with Crippen LogP contribution in [0.15, 0.2) is 42.6 Å². The molecule has 1 N–H and O–H groups in total. The monoisotopic (exact) mass is 378 g/mol. The molecule has 0 radical (unpaired) electrons. The highest BCUT2D eigenvalue weighted by molar-refractivity contribution is 7.18. The topological polar surface area (TPSA) is 85.6 Å². The predicted molar refractivity (Wildman–Crippen MR) is 106 cm³/mol. The van der Waals surface area contributed by atoms with E-state index < -0.39 is 0 Å². The Morgan fingerprint density at radius 1 is 1.19 bits per heavy atom. The maximum absolute atomic E-state index is 12.7. The molecule has 4 aromatic rings. The molecular weight excluding hydrogens is 360 g/mol. The van der Waals surface area contributed by atoms with Gasteiger partial charge >= 0.3 is 0 Å². The molecule has 7 nitrogen and oxygen atoms in total. The average molecular weight is 378 g/mol. The molecule has 0 aliphatic carbocycles. The van der Waals surface area contributed by atoms with Gasteiger partial charge in [0.15, 0.2) is 5.65 Å². The number of hydrogen-bond donors (Lipinski definition) is 1. The van der Waals surface area contributed by atoms with Crippen molar-refractivity contribution in [2.45, 2.75) is 26.8 Å². The molecule has 4 rings (SSSR count). The summed E-state index contributed by atoms with van der Waals surface area (Å²) in [4.78, 5) is 17.3. The number of aryl methyl sites for hydroxylation is 1. The van der Waals surface area contributed by atoms with Gasteiger partial charge in [0.2, 0.25) is 5.13 Å². The largest absolute Gasteiger partial charge is 0.296 e. The quantitative estimate of drug-likeness (QED) is 0.578. The molecule has 136 valence electrons. The van der Waals surface area contributed by atoms with Gasteiger partial charge in [-0.1, -0.05) is 41.7 Å². The summed E-state index contributed by atoms with van der Waals surface area (Å²) in [5, 5.41) is 17.5. The van der Waals surface area contributed by atoms with E-state index in [2.05, 4.69) is 25.6 Å². The fraction of sp³-hybridized carbons (Fsp3) is 0.211. The Hall–Kier alpha value is -3.13. The van der Waals surface area contributed by atoms with Crippen LogP contribution in [0.5, 0.6) is 0 Å². The number of anilines is 1. The average Bonchev–Trinajstić information content (AvgIpc) is 3.28. The number of aromatic nitrogens is 5. The van der Waals surface area contributed by atoms with Crippen LogP contribution in [0.4, 0.5) is 5.13 Å². The molecule has 0 unspecified atom stereocenters. The van der Waals surface area contributed by atoms with Crippen molar-refractivity contribution in [3.05, 3.63) is 53.9 Å². The second-order valence-electron chi connectivity index (χ2n) is 6.45. The van der Waals surface area contributed by atoms with Crippen LogP contribution >= 0.6 is 11.3 Å². The van der Waals surface area contributed by atoms with Crippen LogP contribution in [-0.2, 0) is 0 Å². The van der Waals surface area contributed by atoms with E-state index in [1.165, 1.54) is 11.3 Å². The van der Waals surface area contributed by atoms with Crippen LogP contribution in [0.2, 0.25) is 0 Å². The zero-order valence-electron chi connectivity index (χ0n) is 15.2. The van der Waals surface area contributed by atoms with Gasteiger partial charge in [-0.05, 0) is 26.8 Å². The minimum absolute atomic E-state index is 0.201. The third-order valence-corrected chi connectivity index (χ3v) is 5.05. The summed E-state index contributed by atoms with van der Waals surface area (Å²) in [6, 6.07) is 11.8. The van der Waals surface area contributed by atoms with Crippen molar-refractivity contribution in [3.8, 4) is 10.6 Å². The third-order valence-electron chi connectivity index (χ3n) is 4.16. The summed E-state index contributed by atoms with van der Waals surface area (Å²) < 4.78 is 1.85.